The quantitative estimate of drug-likeness (QED) is 0.418. The molecule has 1 fully saturated rings. The van der Waals surface area contributed by atoms with Crippen LogP contribution in [-0.2, 0) is 7.05 Å². The van der Waals surface area contributed by atoms with Crippen LogP contribution in [0.25, 0.3) is 27.7 Å². The molecule has 2 atom stereocenters. The molecule has 5 heterocycles. The van der Waals surface area contributed by atoms with Gasteiger partial charge in [0.2, 0.25) is 5.16 Å². The molecule has 1 saturated heterocycles. The van der Waals surface area contributed by atoms with Gasteiger partial charge in [-0.2, -0.15) is 5.10 Å². The van der Waals surface area contributed by atoms with E-state index >= 15 is 0 Å². The van der Waals surface area contributed by atoms with E-state index in [1.54, 1.807) is 15.3 Å². The number of hydrogen-bond acceptors (Lipinski definition) is 6. The lowest BCUT2D eigenvalue weighted by molar-refractivity contribution is -0.716. The number of benzene rings is 1. The molecule has 0 amide bonds. The predicted octanol–water partition coefficient (Wildman–Crippen LogP) is 3.13. The van der Waals surface area contributed by atoms with Crippen LogP contribution in [0.5, 0.6) is 0 Å². The van der Waals surface area contributed by atoms with Gasteiger partial charge in [-0.25, -0.2) is 4.39 Å². The van der Waals surface area contributed by atoms with Gasteiger partial charge in [-0.15, -0.1) is 10.2 Å². The van der Waals surface area contributed by atoms with Crippen molar-refractivity contribution in [2.45, 2.75) is 36.0 Å². The molecule has 0 spiro atoms. The van der Waals surface area contributed by atoms with E-state index in [1.165, 1.54) is 17.8 Å². The maximum Gasteiger partial charge on any atom is 0.200 e. The topological polar surface area (TPSA) is 80.8 Å². The van der Waals surface area contributed by atoms with E-state index < -0.39 is 5.82 Å². The summed E-state index contributed by atoms with van der Waals surface area (Å²) in [5, 5.41) is 16.6. The number of halogens is 1. The lowest BCUT2D eigenvalue weighted by Crippen LogP contribution is -2.99. The SMILES string of the molecule is C[C@@H]1CN(c2cnc3ccc(Sc4nnc5c(F)cc(-c6cnn(C)c6)cn45)cc3c2)C[C@H](C)[NH2+]1. The normalized spacial score (nSPS) is 18.6. The molecule has 0 saturated carbocycles. The van der Waals surface area contributed by atoms with Crippen LogP contribution in [0.1, 0.15) is 13.8 Å². The molecule has 1 aliphatic rings. The van der Waals surface area contributed by atoms with Crippen LogP contribution >= 0.6 is 11.8 Å². The predicted molar refractivity (Wildman–Crippen MR) is 134 cm³/mol. The van der Waals surface area contributed by atoms with E-state index in [9.17, 15) is 4.39 Å². The van der Waals surface area contributed by atoms with Crippen molar-refractivity contribution >= 4 is 34.0 Å². The molecule has 0 aliphatic carbocycles. The third-order valence-electron chi connectivity index (χ3n) is 6.35. The monoisotopic (exact) mass is 489 g/mol. The molecular formula is C25H26FN8S+. The number of pyridine rings is 2. The Morgan fingerprint density at radius 3 is 2.60 bits per heavy atom. The summed E-state index contributed by atoms with van der Waals surface area (Å²) in [7, 11) is 1.84. The zero-order valence-corrected chi connectivity index (χ0v) is 20.6. The molecule has 0 bridgehead atoms. The Kier molecular flexibility index (Phi) is 5.42. The van der Waals surface area contributed by atoms with Gasteiger partial charge in [0.1, 0.15) is 12.1 Å². The molecule has 5 aromatic rings. The summed E-state index contributed by atoms with van der Waals surface area (Å²) in [5.74, 6) is -0.416. The maximum absolute atomic E-state index is 14.8. The van der Waals surface area contributed by atoms with E-state index in [0.717, 1.165) is 45.7 Å². The van der Waals surface area contributed by atoms with E-state index in [2.05, 4.69) is 51.5 Å². The van der Waals surface area contributed by atoms with Gasteiger partial charge in [0.25, 0.3) is 0 Å². The summed E-state index contributed by atoms with van der Waals surface area (Å²) in [6.07, 6.45) is 7.39. The summed E-state index contributed by atoms with van der Waals surface area (Å²) in [6, 6.07) is 10.9. The Morgan fingerprint density at radius 2 is 1.83 bits per heavy atom. The standard InChI is InChI=1S/C25H25FN8S/c1-15-11-33(12-16(2)29-15)20-6-17-7-21(4-5-23(17)27-10-20)35-25-31-30-24-22(26)8-18(14-34(24)25)19-9-28-32(3)13-19/h4-10,13-16,29H,11-12H2,1-3H3/p+1/t15-,16+. The second kappa shape index (κ2) is 8.62. The third-order valence-corrected chi connectivity index (χ3v) is 7.30. The van der Waals surface area contributed by atoms with Crippen molar-refractivity contribution < 1.29 is 9.71 Å². The van der Waals surface area contributed by atoms with Crippen LogP contribution in [0.4, 0.5) is 10.1 Å². The second-order valence-corrected chi connectivity index (χ2v) is 10.4. The number of aryl methyl sites for hydroxylation is 1. The van der Waals surface area contributed by atoms with Crippen molar-refractivity contribution in [1.29, 1.82) is 0 Å². The molecule has 35 heavy (non-hydrogen) atoms. The van der Waals surface area contributed by atoms with Gasteiger partial charge >= 0.3 is 0 Å². The summed E-state index contributed by atoms with van der Waals surface area (Å²) in [6.45, 7) is 6.53. The Balaban J connectivity index is 1.33. The fourth-order valence-electron chi connectivity index (χ4n) is 4.83. The van der Waals surface area contributed by atoms with Gasteiger partial charge < -0.3 is 10.2 Å². The highest BCUT2D eigenvalue weighted by Crippen LogP contribution is 2.32. The number of hydrogen-bond donors (Lipinski definition) is 1. The van der Waals surface area contributed by atoms with Crippen LogP contribution in [-0.4, -0.2) is 54.5 Å². The largest absolute Gasteiger partial charge is 0.358 e. The van der Waals surface area contributed by atoms with E-state index in [4.69, 9.17) is 4.98 Å². The molecular weight excluding hydrogens is 463 g/mol. The Labute approximate surface area is 206 Å². The van der Waals surface area contributed by atoms with Gasteiger partial charge in [0.15, 0.2) is 11.5 Å². The minimum absolute atomic E-state index is 0.204. The molecule has 1 aromatic carbocycles. The van der Waals surface area contributed by atoms with Gasteiger partial charge in [-0.1, -0.05) is 0 Å². The van der Waals surface area contributed by atoms with Crippen molar-refractivity contribution in [1.82, 2.24) is 29.4 Å². The van der Waals surface area contributed by atoms with Gasteiger partial charge in [-0.05, 0) is 55.9 Å². The number of nitrogens with zero attached hydrogens (tertiary/aromatic N) is 7. The molecule has 8 nitrogen and oxygen atoms in total. The number of piperazine rings is 1. The lowest BCUT2D eigenvalue weighted by atomic mass is 10.1. The lowest BCUT2D eigenvalue weighted by Gasteiger charge is -2.34. The summed E-state index contributed by atoms with van der Waals surface area (Å²) < 4.78 is 18.2. The number of fused-ring (bicyclic) bond motifs is 2. The van der Waals surface area contributed by atoms with Crippen LogP contribution in [0.15, 0.2) is 65.2 Å². The Bertz CT molecular complexity index is 1530. The highest BCUT2D eigenvalue weighted by atomic mass is 32.2. The summed E-state index contributed by atoms with van der Waals surface area (Å²) in [5.41, 5.74) is 3.84. The van der Waals surface area contributed by atoms with E-state index in [-0.39, 0.29) is 5.65 Å². The average Bonchev–Trinajstić information content (AvgIpc) is 3.44. The molecule has 1 aliphatic heterocycles. The molecule has 10 heteroatoms. The van der Waals surface area contributed by atoms with Crippen LogP contribution < -0.4 is 10.2 Å². The molecule has 2 N–H and O–H groups in total. The first-order valence-corrected chi connectivity index (χ1v) is 12.5. The van der Waals surface area contributed by atoms with Crippen LogP contribution in [0.2, 0.25) is 0 Å². The van der Waals surface area contributed by atoms with Gasteiger partial charge in [-0.3, -0.25) is 14.1 Å². The van der Waals surface area contributed by atoms with Crippen LogP contribution in [0, 0.1) is 5.82 Å². The minimum atomic E-state index is -0.416. The number of anilines is 1. The van der Waals surface area contributed by atoms with Gasteiger partial charge in [0.05, 0.1) is 36.7 Å². The van der Waals surface area contributed by atoms with Crippen LogP contribution in [0.3, 0.4) is 0 Å². The first-order valence-electron chi connectivity index (χ1n) is 11.6. The molecule has 0 unspecified atom stereocenters. The van der Waals surface area contributed by atoms with Crippen molar-refractivity contribution in [3.05, 3.63) is 60.9 Å². The fourth-order valence-corrected chi connectivity index (χ4v) is 5.69. The van der Waals surface area contributed by atoms with E-state index in [1.807, 2.05) is 37.8 Å². The summed E-state index contributed by atoms with van der Waals surface area (Å²) in [4.78, 5) is 8.11. The highest BCUT2D eigenvalue weighted by Gasteiger charge is 2.25. The molecule has 0 radical (unpaired) electrons. The zero-order valence-electron chi connectivity index (χ0n) is 19.8. The van der Waals surface area contributed by atoms with Crippen molar-refractivity contribution in [2.75, 3.05) is 18.0 Å². The number of nitrogens with two attached hydrogens (primary N) is 1. The fraction of sp³-hybridized carbons (Fsp3) is 0.280. The van der Waals surface area contributed by atoms with Crippen molar-refractivity contribution in [3.63, 3.8) is 0 Å². The zero-order chi connectivity index (χ0) is 24.1. The smallest absolute Gasteiger partial charge is 0.200 e. The number of aromatic nitrogens is 6. The Morgan fingerprint density at radius 1 is 1.00 bits per heavy atom. The van der Waals surface area contributed by atoms with Crippen molar-refractivity contribution in [3.8, 4) is 11.1 Å². The second-order valence-electron chi connectivity index (χ2n) is 9.36. The molecule has 4 aromatic heterocycles. The third kappa shape index (κ3) is 4.23. The Hall–Kier alpha value is -3.50. The van der Waals surface area contributed by atoms with Gasteiger partial charge in [0, 0.05) is 40.8 Å². The number of rotatable bonds is 4. The average molecular weight is 490 g/mol. The molecule has 6 rings (SSSR count). The van der Waals surface area contributed by atoms with Crippen molar-refractivity contribution in [2.24, 2.45) is 7.05 Å². The van der Waals surface area contributed by atoms with E-state index in [0.29, 0.717) is 17.2 Å². The minimum Gasteiger partial charge on any atom is -0.358 e. The maximum atomic E-state index is 14.8. The highest BCUT2D eigenvalue weighted by molar-refractivity contribution is 7.99. The number of quaternary nitrogens is 1. The summed E-state index contributed by atoms with van der Waals surface area (Å²) >= 11 is 1.45. The first kappa shape index (κ1) is 22.0. The first-order chi connectivity index (χ1) is 16.9. The molecule has 178 valence electrons.